The van der Waals surface area contributed by atoms with E-state index in [1.54, 1.807) is 0 Å². The van der Waals surface area contributed by atoms with Gasteiger partial charge in [0.2, 0.25) is 0 Å². The maximum Gasteiger partial charge on any atom is 0.316 e. The van der Waals surface area contributed by atoms with Crippen molar-refractivity contribution in [3.63, 3.8) is 0 Å². The van der Waals surface area contributed by atoms with Gasteiger partial charge in [-0.15, -0.1) is 11.8 Å². The monoisotopic (exact) mass is 267 g/mol. The van der Waals surface area contributed by atoms with Gasteiger partial charge < -0.3 is 10.1 Å². The molecule has 0 amide bonds. The lowest BCUT2D eigenvalue weighted by Gasteiger charge is -2.08. The molecular weight excluding hydrogens is 246 g/mol. The molecule has 0 aliphatic rings. The van der Waals surface area contributed by atoms with Crippen LogP contribution in [0.4, 0.5) is 0 Å². The minimum absolute atomic E-state index is 0.0411. The largest absolute Gasteiger partial charge is 0.462 e. The average Bonchev–Trinajstić information content (AvgIpc) is 2.34. The lowest BCUT2D eigenvalue weighted by Crippen LogP contribution is -2.13. The SMILES string of the molecule is CCNCc1ccc(SCC(=O)OC(C)C)cc1. The number of hydrogen-bond acceptors (Lipinski definition) is 4. The van der Waals surface area contributed by atoms with E-state index in [9.17, 15) is 4.79 Å². The van der Waals surface area contributed by atoms with E-state index in [2.05, 4.69) is 24.4 Å². The molecule has 18 heavy (non-hydrogen) atoms. The van der Waals surface area contributed by atoms with Crippen LogP contribution in [0, 0.1) is 0 Å². The van der Waals surface area contributed by atoms with E-state index in [4.69, 9.17) is 4.74 Å². The van der Waals surface area contributed by atoms with E-state index >= 15 is 0 Å². The summed E-state index contributed by atoms with van der Waals surface area (Å²) in [6.07, 6.45) is -0.0411. The second-order valence-electron chi connectivity index (χ2n) is 4.25. The van der Waals surface area contributed by atoms with Crippen LogP contribution in [0.5, 0.6) is 0 Å². The van der Waals surface area contributed by atoms with E-state index in [1.165, 1.54) is 17.3 Å². The molecule has 0 unspecified atom stereocenters. The van der Waals surface area contributed by atoms with Crippen LogP contribution >= 0.6 is 11.8 Å². The van der Waals surface area contributed by atoms with Crippen molar-refractivity contribution in [1.29, 1.82) is 0 Å². The zero-order valence-corrected chi connectivity index (χ0v) is 12.0. The number of esters is 1. The van der Waals surface area contributed by atoms with Crippen LogP contribution < -0.4 is 5.32 Å². The number of carbonyl (C=O) groups is 1. The minimum Gasteiger partial charge on any atom is -0.462 e. The Labute approximate surface area is 113 Å². The Morgan fingerprint density at radius 3 is 2.56 bits per heavy atom. The predicted molar refractivity (Wildman–Crippen MR) is 75.8 cm³/mol. The molecule has 0 saturated heterocycles. The highest BCUT2D eigenvalue weighted by atomic mass is 32.2. The molecule has 0 aliphatic heterocycles. The maximum atomic E-state index is 11.4. The molecule has 0 bridgehead atoms. The molecule has 0 aromatic heterocycles. The van der Waals surface area contributed by atoms with Crippen LogP contribution in [-0.4, -0.2) is 24.4 Å². The second-order valence-corrected chi connectivity index (χ2v) is 5.30. The first-order valence-electron chi connectivity index (χ1n) is 6.23. The highest BCUT2D eigenvalue weighted by molar-refractivity contribution is 8.00. The fourth-order valence-corrected chi connectivity index (χ4v) is 2.09. The summed E-state index contributed by atoms with van der Waals surface area (Å²) in [7, 11) is 0. The molecule has 1 aromatic rings. The molecular formula is C14H21NO2S. The van der Waals surface area contributed by atoms with Gasteiger partial charge in [0, 0.05) is 11.4 Å². The standard InChI is InChI=1S/C14H21NO2S/c1-4-15-9-12-5-7-13(8-6-12)18-10-14(16)17-11(2)3/h5-8,11,15H,4,9-10H2,1-3H3. The second kappa shape index (κ2) is 8.16. The topological polar surface area (TPSA) is 38.3 Å². The minimum atomic E-state index is -0.160. The third-order valence-electron chi connectivity index (χ3n) is 2.23. The van der Waals surface area contributed by atoms with Gasteiger partial charge in [-0.25, -0.2) is 0 Å². The van der Waals surface area contributed by atoms with Crippen LogP contribution in [-0.2, 0) is 16.1 Å². The fourth-order valence-electron chi connectivity index (χ4n) is 1.41. The van der Waals surface area contributed by atoms with Gasteiger partial charge in [-0.2, -0.15) is 0 Å². The Kier molecular flexibility index (Phi) is 6.83. The van der Waals surface area contributed by atoms with Gasteiger partial charge in [-0.1, -0.05) is 19.1 Å². The number of benzene rings is 1. The highest BCUT2D eigenvalue weighted by Gasteiger charge is 2.06. The number of carbonyl (C=O) groups excluding carboxylic acids is 1. The Morgan fingerprint density at radius 1 is 1.33 bits per heavy atom. The maximum absolute atomic E-state index is 11.4. The molecule has 0 atom stereocenters. The molecule has 4 heteroatoms. The third kappa shape index (κ3) is 6.07. The van der Waals surface area contributed by atoms with Crippen LogP contribution in [0.3, 0.4) is 0 Å². The van der Waals surface area contributed by atoms with Crippen molar-refractivity contribution >= 4 is 17.7 Å². The Bertz CT molecular complexity index is 363. The third-order valence-corrected chi connectivity index (χ3v) is 3.21. The van der Waals surface area contributed by atoms with Gasteiger partial charge in [0.1, 0.15) is 0 Å². The summed E-state index contributed by atoms with van der Waals surface area (Å²) in [6.45, 7) is 7.66. The first-order valence-corrected chi connectivity index (χ1v) is 7.22. The number of thioether (sulfide) groups is 1. The summed E-state index contributed by atoms with van der Waals surface area (Å²) in [6, 6.07) is 8.25. The van der Waals surface area contributed by atoms with Crippen molar-refractivity contribution in [2.45, 2.75) is 38.3 Å². The summed E-state index contributed by atoms with van der Waals surface area (Å²) >= 11 is 1.51. The number of hydrogen-bond donors (Lipinski definition) is 1. The van der Waals surface area contributed by atoms with E-state index in [0.717, 1.165) is 18.0 Å². The molecule has 1 aromatic carbocycles. The molecule has 100 valence electrons. The van der Waals surface area contributed by atoms with Gasteiger partial charge >= 0.3 is 5.97 Å². The summed E-state index contributed by atoms with van der Waals surface area (Å²) in [5.74, 6) is 0.205. The van der Waals surface area contributed by atoms with Crippen LogP contribution in [0.1, 0.15) is 26.3 Å². The first kappa shape index (κ1) is 15.1. The first-order chi connectivity index (χ1) is 8.61. The molecule has 0 spiro atoms. The van der Waals surface area contributed by atoms with E-state index < -0.39 is 0 Å². The van der Waals surface area contributed by atoms with Crippen LogP contribution in [0.15, 0.2) is 29.2 Å². The molecule has 0 heterocycles. The van der Waals surface area contributed by atoms with E-state index in [1.807, 2.05) is 26.0 Å². The Hall–Kier alpha value is -1.00. The Balaban J connectivity index is 2.37. The van der Waals surface area contributed by atoms with Crippen molar-refractivity contribution in [2.75, 3.05) is 12.3 Å². The van der Waals surface area contributed by atoms with Gasteiger partial charge in [0.25, 0.3) is 0 Å². The van der Waals surface area contributed by atoms with Crippen molar-refractivity contribution < 1.29 is 9.53 Å². The zero-order valence-electron chi connectivity index (χ0n) is 11.2. The molecule has 0 saturated carbocycles. The molecule has 3 nitrogen and oxygen atoms in total. The van der Waals surface area contributed by atoms with Crippen LogP contribution in [0.2, 0.25) is 0 Å². The Morgan fingerprint density at radius 2 is 2.00 bits per heavy atom. The predicted octanol–water partition coefficient (Wildman–Crippen LogP) is 2.84. The molecule has 0 fully saturated rings. The molecule has 0 aliphatic carbocycles. The van der Waals surface area contributed by atoms with Gasteiger partial charge in [-0.3, -0.25) is 4.79 Å². The van der Waals surface area contributed by atoms with Gasteiger partial charge in [0.15, 0.2) is 0 Å². The highest BCUT2D eigenvalue weighted by Crippen LogP contribution is 2.18. The van der Waals surface area contributed by atoms with Gasteiger partial charge in [-0.05, 0) is 38.1 Å². The van der Waals surface area contributed by atoms with E-state index in [-0.39, 0.29) is 12.1 Å². The number of ether oxygens (including phenoxy) is 1. The zero-order chi connectivity index (χ0) is 13.4. The van der Waals surface area contributed by atoms with Crippen LogP contribution in [0.25, 0.3) is 0 Å². The van der Waals surface area contributed by atoms with Crippen molar-refractivity contribution in [1.82, 2.24) is 5.32 Å². The normalized spacial score (nSPS) is 10.7. The molecule has 1 rings (SSSR count). The summed E-state index contributed by atoms with van der Waals surface area (Å²) in [4.78, 5) is 12.5. The lowest BCUT2D eigenvalue weighted by molar-refractivity contribution is -0.144. The number of rotatable bonds is 7. The smallest absolute Gasteiger partial charge is 0.316 e. The quantitative estimate of drug-likeness (QED) is 0.609. The summed E-state index contributed by atoms with van der Waals surface area (Å²) < 4.78 is 5.08. The molecule has 0 radical (unpaired) electrons. The van der Waals surface area contributed by atoms with Crippen molar-refractivity contribution in [3.05, 3.63) is 29.8 Å². The fraction of sp³-hybridized carbons (Fsp3) is 0.500. The summed E-state index contributed by atoms with van der Waals surface area (Å²) in [5.41, 5.74) is 1.26. The van der Waals surface area contributed by atoms with Crippen molar-refractivity contribution in [3.8, 4) is 0 Å². The average molecular weight is 267 g/mol. The van der Waals surface area contributed by atoms with E-state index in [0.29, 0.717) is 5.75 Å². The van der Waals surface area contributed by atoms with Gasteiger partial charge in [0.05, 0.1) is 11.9 Å². The molecule has 1 N–H and O–H groups in total. The van der Waals surface area contributed by atoms with Crippen molar-refractivity contribution in [2.24, 2.45) is 0 Å². The lowest BCUT2D eigenvalue weighted by atomic mass is 10.2. The number of nitrogens with one attached hydrogen (secondary N) is 1. The summed E-state index contributed by atoms with van der Waals surface area (Å²) in [5, 5.41) is 3.27.